The predicted octanol–water partition coefficient (Wildman–Crippen LogP) is 2.10. The second-order valence-corrected chi connectivity index (χ2v) is 6.64. The maximum absolute atomic E-state index is 11.4. The van der Waals surface area contributed by atoms with Gasteiger partial charge in [-0.05, 0) is 25.5 Å². The molecule has 0 bridgehead atoms. The Morgan fingerprint density at radius 2 is 1.95 bits per heavy atom. The molecule has 0 saturated carbocycles. The molecule has 0 amide bonds. The van der Waals surface area contributed by atoms with Crippen molar-refractivity contribution < 1.29 is 22.7 Å². The number of hydrogen-bond donors (Lipinski definition) is 0. The summed E-state index contributed by atoms with van der Waals surface area (Å²) >= 11 is 0. The molecule has 0 aliphatic rings. The van der Waals surface area contributed by atoms with Gasteiger partial charge in [-0.3, -0.25) is 4.79 Å². The first-order chi connectivity index (χ1) is 9.54. The highest BCUT2D eigenvalue weighted by molar-refractivity contribution is 7.91. The summed E-state index contributed by atoms with van der Waals surface area (Å²) in [5.41, 5.74) is 0.397. The minimum atomic E-state index is -2.99. The molecule has 0 radical (unpaired) electrons. The number of rotatable bonds is 9. The minimum absolute atomic E-state index is 0.0801. The van der Waals surface area contributed by atoms with Crippen molar-refractivity contribution in [2.24, 2.45) is 0 Å². The maximum atomic E-state index is 11.4. The number of sulfone groups is 1. The molecule has 0 aliphatic heterocycles. The van der Waals surface area contributed by atoms with Gasteiger partial charge in [0.15, 0.2) is 17.8 Å². The monoisotopic (exact) mass is 300 g/mol. The van der Waals surface area contributed by atoms with Gasteiger partial charge in [0.25, 0.3) is 0 Å². The number of aldehydes is 1. The van der Waals surface area contributed by atoms with Gasteiger partial charge in [-0.1, -0.05) is 13.0 Å². The van der Waals surface area contributed by atoms with Crippen LogP contribution in [0.4, 0.5) is 0 Å². The summed E-state index contributed by atoms with van der Waals surface area (Å²) in [6.07, 6.45) is 1.08. The van der Waals surface area contributed by atoms with Crippen molar-refractivity contribution in [1.82, 2.24) is 0 Å². The molecule has 0 heterocycles. The van der Waals surface area contributed by atoms with Gasteiger partial charge in [0.2, 0.25) is 0 Å². The molecule has 0 aliphatic carbocycles. The molecule has 0 spiro atoms. The van der Waals surface area contributed by atoms with Gasteiger partial charge in [-0.15, -0.1) is 0 Å². The van der Waals surface area contributed by atoms with E-state index in [2.05, 4.69) is 0 Å². The summed E-state index contributed by atoms with van der Waals surface area (Å²) in [6, 6.07) is 5.06. The van der Waals surface area contributed by atoms with Gasteiger partial charge in [0.05, 0.1) is 24.5 Å². The molecule has 6 heteroatoms. The number of hydrogen-bond acceptors (Lipinski definition) is 5. The molecule has 0 N–H and O–H groups in total. The van der Waals surface area contributed by atoms with Crippen LogP contribution < -0.4 is 9.47 Å². The molecule has 0 aromatic heterocycles. The van der Waals surface area contributed by atoms with E-state index in [4.69, 9.17) is 9.47 Å². The van der Waals surface area contributed by atoms with E-state index < -0.39 is 9.84 Å². The van der Waals surface area contributed by atoms with E-state index in [1.807, 2.05) is 6.92 Å². The number of carbonyl (C=O) groups excluding carboxylic acids is 1. The largest absolute Gasteiger partial charge is 0.490 e. The first-order valence-electron chi connectivity index (χ1n) is 6.58. The van der Waals surface area contributed by atoms with Crippen molar-refractivity contribution in [1.29, 1.82) is 0 Å². The lowest BCUT2D eigenvalue weighted by molar-refractivity contribution is 0.111. The van der Waals surface area contributed by atoms with E-state index in [1.54, 1.807) is 25.1 Å². The van der Waals surface area contributed by atoms with Crippen molar-refractivity contribution in [2.45, 2.75) is 20.3 Å². The Bertz CT molecular complexity index is 536. The first kappa shape index (κ1) is 16.5. The number of ether oxygens (including phenoxy) is 2. The number of para-hydroxylation sites is 1. The highest BCUT2D eigenvalue weighted by Gasteiger charge is 2.12. The molecule has 1 aromatic carbocycles. The zero-order valence-corrected chi connectivity index (χ0v) is 12.6. The lowest BCUT2D eigenvalue weighted by atomic mass is 10.2. The van der Waals surface area contributed by atoms with E-state index in [1.165, 1.54) is 0 Å². The van der Waals surface area contributed by atoms with Gasteiger partial charge >= 0.3 is 0 Å². The third-order valence-corrected chi connectivity index (χ3v) is 4.51. The highest BCUT2D eigenvalue weighted by Crippen LogP contribution is 2.30. The van der Waals surface area contributed by atoms with E-state index in [0.717, 1.165) is 0 Å². The van der Waals surface area contributed by atoms with Gasteiger partial charge in [0, 0.05) is 5.75 Å². The molecule has 1 rings (SSSR count). The SMILES string of the molecule is CCOc1cccc(C=O)c1OCCCS(=O)(=O)CC. The van der Waals surface area contributed by atoms with Crippen LogP contribution in [0.5, 0.6) is 11.5 Å². The standard InChI is InChI=1S/C14H20O5S/c1-3-18-13-8-5-7-12(11-15)14(13)19-9-6-10-20(16,17)4-2/h5,7-8,11H,3-4,6,9-10H2,1-2H3. The van der Waals surface area contributed by atoms with Gasteiger partial charge in [0.1, 0.15) is 9.84 Å². The topological polar surface area (TPSA) is 69.7 Å². The Morgan fingerprint density at radius 1 is 1.20 bits per heavy atom. The van der Waals surface area contributed by atoms with Crippen molar-refractivity contribution >= 4 is 16.1 Å². The van der Waals surface area contributed by atoms with Crippen LogP contribution in [0.2, 0.25) is 0 Å². The van der Waals surface area contributed by atoms with Crippen LogP contribution in [0.1, 0.15) is 30.6 Å². The van der Waals surface area contributed by atoms with Gasteiger partial charge < -0.3 is 9.47 Å². The summed E-state index contributed by atoms with van der Waals surface area (Å²) in [4.78, 5) is 11.0. The number of benzene rings is 1. The molecule has 5 nitrogen and oxygen atoms in total. The average Bonchev–Trinajstić information content (AvgIpc) is 2.45. The quantitative estimate of drug-likeness (QED) is 0.516. The molecule has 0 fully saturated rings. The van der Waals surface area contributed by atoms with Crippen molar-refractivity contribution in [3.8, 4) is 11.5 Å². The Balaban J connectivity index is 2.69. The van der Waals surface area contributed by atoms with Crippen LogP contribution in [-0.2, 0) is 9.84 Å². The highest BCUT2D eigenvalue weighted by atomic mass is 32.2. The molecule has 20 heavy (non-hydrogen) atoms. The van der Waals surface area contributed by atoms with Crippen molar-refractivity contribution in [3.05, 3.63) is 23.8 Å². The zero-order valence-electron chi connectivity index (χ0n) is 11.8. The van der Waals surface area contributed by atoms with Gasteiger partial charge in [-0.25, -0.2) is 8.42 Å². The molecule has 0 unspecified atom stereocenters. The molecular weight excluding hydrogens is 280 g/mol. The Labute approximate surface area is 119 Å². The van der Waals surface area contributed by atoms with E-state index in [9.17, 15) is 13.2 Å². The van der Waals surface area contributed by atoms with E-state index in [-0.39, 0.29) is 18.1 Å². The summed E-state index contributed by atoms with van der Waals surface area (Å²) < 4.78 is 33.7. The minimum Gasteiger partial charge on any atom is -0.490 e. The fraction of sp³-hybridized carbons (Fsp3) is 0.500. The third kappa shape index (κ3) is 4.85. The maximum Gasteiger partial charge on any atom is 0.171 e. The van der Waals surface area contributed by atoms with Crippen molar-refractivity contribution in [2.75, 3.05) is 24.7 Å². The normalized spacial score (nSPS) is 11.1. The van der Waals surface area contributed by atoms with Crippen LogP contribution >= 0.6 is 0 Å². The fourth-order valence-corrected chi connectivity index (χ4v) is 2.49. The molecular formula is C14H20O5S. The second kappa shape index (κ2) is 7.89. The first-order valence-corrected chi connectivity index (χ1v) is 8.40. The number of carbonyl (C=O) groups is 1. The van der Waals surface area contributed by atoms with E-state index >= 15 is 0 Å². The summed E-state index contributed by atoms with van der Waals surface area (Å²) in [6.45, 7) is 4.14. The molecule has 0 atom stereocenters. The predicted molar refractivity (Wildman–Crippen MR) is 77.4 cm³/mol. The van der Waals surface area contributed by atoms with Crippen LogP contribution in [-0.4, -0.2) is 39.4 Å². The van der Waals surface area contributed by atoms with Crippen LogP contribution in [0.15, 0.2) is 18.2 Å². The average molecular weight is 300 g/mol. The van der Waals surface area contributed by atoms with Crippen LogP contribution in [0.3, 0.4) is 0 Å². The zero-order chi connectivity index (χ0) is 15.0. The summed E-state index contributed by atoms with van der Waals surface area (Å²) in [5, 5.41) is 0. The Morgan fingerprint density at radius 3 is 2.55 bits per heavy atom. The Kier molecular flexibility index (Phi) is 6.51. The smallest absolute Gasteiger partial charge is 0.171 e. The fourth-order valence-electron chi connectivity index (χ4n) is 1.65. The molecule has 112 valence electrons. The van der Waals surface area contributed by atoms with Crippen LogP contribution in [0, 0.1) is 0 Å². The molecule has 0 saturated heterocycles. The van der Waals surface area contributed by atoms with E-state index in [0.29, 0.717) is 36.4 Å². The van der Waals surface area contributed by atoms with Crippen LogP contribution in [0.25, 0.3) is 0 Å². The summed E-state index contributed by atoms with van der Waals surface area (Å²) in [7, 11) is -2.99. The molecule has 1 aromatic rings. The lowest BCUT2D eigenvalue weighted by Crippen LogP contribution is -2.12. The second-order valence-electron chi connectivity index (χ2n) is 4.16. The summed E-state index contributed by atoms with van der Waals surface area (Å²) in [5.74, 6) is 1.08. The van der Waals surface area contributed by atoms with Crippen molar-refractivity contribution in [3.63, 3.8) is 0 Å². The lowest BCUT2D eigenvalue weighted by Gasteiger charge is -2.13. The van der Waals surface area contributed by atoms with Gasteiger partial charge in [-0.2, -0.15) is 0 Å². The Hall–Kier alpha value is -1.56. The third-order valence-electron chi connectivity index (χ3n) is 2.72.